The Hall–Kier alpha value is -4.10. The molecule has 38 heavy (non-hydrogen) atoms. The molecule has 0 bridgehead atoms. The van der Waals surface area contributed by atoms with Crippen molar-refractivity contribution in [1.82, 2.24) is 0 Å². The highest BCUT2D eigenvalue weighted by Crippen LogP contribution is 2.36. The average Bonchev–Trinajstić information content (AvgIpc) is 2.88. The Bertz CT molecular complexity index is 1370. The quantitative estimate of drug-likeness (QED) is 0.265. The van der Waals surface area contributed by atoms with Crippen molar-refractivity contribution >= 4 is 23.1 Å². The van der Waals surface area contributed by atoms with Crippen LogP contribution in [0.1, 0.15) is 51.3 Å². The first kappa shape index (κ1) is 28.5. The van der Waals surface area contributed by atoms with Crippen molar-refractivity contribution in [2.75, 3.05) is 4.90 Å². The fraction of sp³-hybridized carbons (Fsp3) is 0.189. The van der Waals surface area contributed by atoms with Gasteiger partial charge >= 0.3 is 0 Å². The molecule has 0 saturated carbocycles. The Kier molecular flexibility index (Phi) is 10.1. The summed E-state index contributed by atoms with van der Waals surface area (Å²) in [5.41, 5.74) is 9.25. The van der Waals surface area contributed by atoms with E-state index in [0.717, 1.165) is 28.2 Å². The fourth-order valence-electron chi connectivity index (χ4n) is 4.29. The van der Waals surface area contributed by atoms with Gasteiger partial charge in [-0.1, -0.05) is 130 Å². The SMILES string of the molecule is C=C/C(=C\C=C(/c1ccccc1)N(c1cccc(C)c1)c1cccc(\C=C/C=C(C)\C=C\C)c1)C(C)(C)C. The molecule has 0 aliphatic rings. The first-order chi connectivity index (χ1) is 18.2. The van der Waals surface area contributed by atoms with Crippen LogP contribution in [-0.4, -0.2) is 0 Å². The topological polar surface area (TPSA) is 3.24 Å². The van der Waals surface area contributed by atoms with E-state index >= 15 is 0 Å². The van der Waals surface area contributed by atoms with Crippen molar-refractivity contribution in [3.05, 3.63) is 156 Å². The summed E-state index contributed by atoms with van der Waals surface area (Å²) in [6.07, 6.45) is 17.0. The highest BCUT2D eigenvalue weighted by Gasteiger charge is 2.18. The lowest BCUT2D eigenvalue weighted by Crippen LogP contribution is -2.16. The Labute approximate surface area is 230 Å². The van der Waals surface area contributed by atoms with Crippen LogP contribution in [0.2, 0.25) is 0 Å². The average molecular weight is 500 g/mol. The summed E-state index contributed by atoms with van der Waals surface area (Å²) in [7, 11) is 0. The van der Waals surface area contributed by atoms with Gasteiger partial charge in [-0.2, -0.15) is 0 Å². The van der Waals surface area contributed by atoms with E-state index in [4.69, 9.17) is 0 Å². The highest BCUT2D eigenvalue weighted by atomic mass is 15.1. The molecule has 0 radical (unpaired) electrons. The second-order valence-electron chi connectivity index (χ2n) is 10.5. The molecule has 0 spiro atoms. The summed E-state index contributed by atoms with van der Waals surface area (Å²) < 4.78 is 0. The van der Waals surface area contributed by atoms with Crippen molar-refractivity contribution in [3.8, 4) is 0 Å². The van der Waals surface area contributed by atoms with E-state index < -0.39 is 0 Å². The number of hydrogen-bond acceptors (Lipinski definition) is 1. The molecule has 194 valence electrons. The number of hydrogen-bond donors (Lipinski definition) is 0. The predicted octanol–water partition coefficient (Wildman–Crippen LogP) is 10.9. The van der Waals surface area contributed by atoms with Crippen molar-refractivity contribution in [3.63, 3.8) is 0 Å². The summed E-state index contributed by atoms with van der Waals surface area (Å²) >= 11 is 0. The fourth-order valence-corrected chi connectivity index (χ4v) is 4.29. The molecule has 0 saturated heterocycles. The zero-order valence-corrected chi connectivity index (χ0v) is 23.8. The van der Waals surface area contributed by atoms with Crippen molar-refractivity contribution in [2.24, 2.45) is 5.41 Å². The lowest BCUT2D eigenvalue weighted by molar-refractivity contribution is 0.517. The second-order valence-corrected chi connectivity index (χ2v) is 10.5. The van der Waals surface area contributed by atoms with E-state index in [-0.39, 0.29) is 5.41 Å². The molecule has 0 amide bonds. The van der Waals surface area contributed by atoms with Crippen LogP contribution >= 0.6 is 0 Å². The van der Waals surface area contributed by atoms with Crippen LogP contribution in [0.5, 0.6) is 0 Å². The van der Waals surface area contributed by atoms with Gasteiger partial charge in [0.15, 0.2) is 0 Å². The lowest BCUT2D eigenvalue weighted by atomic mass is 9.86. The zero-order chi connectivity index (χ0) is 27.5. The Morgan fingerprint density at radius 2 is 1.50 bits per heavy atom. The van der Waals surface area contributed by atoms with E-state index in [2.05, 4.69) is 167 Å². The lowest BCUT2D eigenvalue weighted by Gasteiger charge is -2.29. The summed E-state index contributed by atoms with van der Waals surface area (Å²) in [4.78, 5) is 2.35. The highest BCUT2D eigenvalue weighted by molar-refractivity contribution is 5.89. The predicted molar refractivity (Wildman–Crippen MR) is 170 cm³/mol. The number of rotatable bonds is 9. The molecule has 0 heterocycles. The maximum absolute atomic E-state index is 4.09. The van der Waals surface area contributed by atoms with Crippen molar-refractivity contribution < 1.29 is 0 Å². The molecule has 0 N–H and O–H groups in total. The summed E-state index contributed by atoms with van der Waals surface area (Å²) in [5.74, 6) is 0. The Morgan fingerprint density at radius 3 is 2.13 bits per heavy atom. The van der Waals surface area contributed by atoms with Crippen LogP contribution < -0.4 is 4.90 Å². The third-order valence-electron chi connectivity index (χ3n) is 6.28. The third-order valence-corrected chi connectivity index (χ3v) is 6.28. The molecule has 0 aliphatic heterocycles. The normalized spacial score (nSPS) is 13.4. The smallest absolute Gasteiger partial charge is 0.0534 e. The first-order valence-corrected chi connectivity index (χ1v) is 13.3. The zero-order valence-electron chi connectivity index (χ0n) is 23.8. The van der Waals surface area contributed by atoms with Crippen LogP contribution in [-0.2, 0) is 0 Å². The van der Waals surface area contributed by atoms with E-state index in [0.29, 0.717) is 0 Å². The molecular formula is C37H41N. The van der Waals surface area contributed by atoms with Crippen LogP contribution in [0, 0.1) is 12.3 Å². The maximum Gasteiger partial charge on any atom is 0.0534 e. The van der Waals surface area contributed by atoms with Crippen LogP contribution in [0.3, 0.4) is 0 Å². The molecule has 0 aromatic heterocycles. The van der Waals surface area contributed by atoms with Gasteiger partial charge in [-0.05, 0) is 78.8 Å². The summed E-state index contributed by atoms with van der Waals surface area (Å²) in [6, 6.07) is 28.0. The largest absolute Gasteiger partial charge is 0.310 e. The van der Waals surface area contributed by atoms with Gasteiger partial charge in [0.1, 0.15) is 0 Å². The van der Waals surface area contributed by atoms with Gasteiger partial charge in [-0.15, -0.1) is 0 Å². The molecule has 0 unspecified atom stereocenters. The van der Waals surface area contributed by atoms with Gasteiger partial charge in [0, 0.05) is 11.4 Å². The van der Waals surface area contributed by atoms with Crippen molar-refractivity contribution in [1.29, 1.82) is 0 Å². The standard InChI is InChI=1S/C37H41N/c1-8-16-29(3)17-13-19-31-20-15-24-35(28-31)38(34-23-14-18-30(4)27-34)36(32-21-11-10-12-22-32)26-25-33(9-2)37(5,6)7/h8-28H,2H2,1,3-7H3/b16-8+,19-13-,29-17-,33-25+,36-26+. The van der Waals surface area contributed by atoms with Gasteiger partial charge in [0.05, 0.1) is 5.70 Å². The third kappa shape index (κ3) is 7.95. The number of aryl methyl sites for hydroxylation is 1. The summed E-state index contributed by atoms with van der Waals surface area (Å²) in [6.45, 7) is 17.0. The van der Waals surface area contributed by atoms with Gasteiger partial charge in [-0.25, -0.2) is 0 Å². The summed E-state index contributed by atoms with van der Waals surface area (Å²) in [5, 5.41) is 0. The minimum Gasteiger partial charge on any atom is -0.310 e. The molecule has 3 rings (SSSR count). The van der Waals surface area contributed by atoms with E-state index in [1.807, 2.05) is 13.0 Å². The van der Waals surface area contributed by atoms with E-state index in [1.54, 1.807) is 0 Å². The molecule has 3 aromatic rings. The van der Waals surface area contributed by atoms with Crippen molar-refractivity contribution in [2.45, 2.75) is 41.5 Å². The first-order valence-electron chi connectivity index (χ1n) is 13.3. The Morgan fingerprint density at radius 1 is 0.816 bits per heavy atom. The van der Waals surface area contributed by atoms with Gasteiger partial charge in [0.2, 0.25) is 0 Å². The maximum atomic E-state index is 4.09. The van der Waals surface area contributed by atoms with Crippen LogP contribution in [0.4, 0.5) is 11.4 Å². The number of benzene rings is 3. The van der Waals surface area contributed by atoms with E-state index in [9.17, 15) is 0 Å². The van der Waals surface area contributed by atoms with E-state index in [1.165, 1.54) is 16.7 Å². The second kappa shape index (κ2) is 13.4. The number of anilines is 2. The molecule has 0 aliphatic carbocycles. The van der Waals surface area contributed by atoms with Gasteiger partial charge < -0.3 is 4.90 Å². The van der Waals surface area contributed by atoms with Crippen LogP contribution in [0.15, 0.2) is 139 Å². The number of nitrogens with zero attached hydrogens (tertiary/aromatic N) is 1. The minimum atomic E-state index is -0.00244. The van der Waals surface area contributed by atoms with Gasteiger partial charge in [-0.3, -0.25) is 0 Å². The molecule has 0 atom stereocenters. The molecule has 1 heteroatoms. The molecule has 0 fully saturated rings. The number of allylic oxidation sites excluding steroid dienone is 9. The minimum absolute atomic E-state index is 0.00244. The molecular weight excluding hydrogens is 458 g/mol. The van der Waals surface area contributed by atoms with Gasteiger partial charge in [0.25, 0.3) is 0 Å². The monoisotopic (exact) mass is 499 g/mol. The Balaban J connectivity index is 2.23. The molecule has 3 aromatic carbocycles. The van der Waals surface area contributed by atoms with Crippen LogP contribution in [0.25, 0.3) is 11.8 Å². The molecule has 1 nitrogen and oxygen atoms in total.